The Kier molecular flexibility index (Phi) is 4.46. The molecule has 1 amide bonds. The van der Waals surface area contributed by atoms with E-state index in [1.165, 1.54) is 11.3 Å². The number of amides is 1. The molecule has 0 saturated heterocycles. The summed E-state index contributed by atoms with van der Waals surface area (Å²) in [5, 5.41) is 9.75. The van der Waals surface area contributed by atoms with Crippen molar-refractivity contribution in [1.82, 2.24) is 10.5 Å². The standard InChI is InChI=1S/C8H11ClN2O3S/c1-4(12)3-14-11-8(13)6-7(9)10-5(2)15-6/h4,12H,3H2,1-2H3,(H,11,13)/t4-/m1/s1. The SMILES string of the molecule is Cc1nc(Cl)c(C(=O)NOC[C@@H](C)O)s1. The maximum Gasteiger partial charge on any atom is 0.288 e. The van der Waals surface area contributed by atoms with Gasteiger partial charge in [-0.25, -0.2) is 10.5 Å². The summed E-state index contributed by atoms with van der Waals surface area (Å²) in [6, 6.07) is 0. The number of aryl methyl sites for hydroxylation is 1. The van der Waals surface area contributed by atoms with Crippen LogP contribution in [0.15, 0.2) is 0 Å². The van der Waals surface area contributed by atoms with Crippen LogP contribution in [0.1, 0.15) is 21.6 Å². The molecule has 2 N–H and O–H groups in total. The molecule has 1 aromatic heterocycles. The lowest BCUT2D eigenvalue weighted by Crippen LogP contribution is -2.26. The van der Waals surface area contributed by atoms with E-state index in [0.29, 0.717) is 9.88 Å². The van der Waals surface area contributed by atoms with Crippen LogP contribution in [0.5, 0.6) is 0 Å². The molecular weight excluding hydrogens is 240 g/mol. The number of hydrogen-bond donors (Lipinski definition) is 2. The number of nitrogens with one attached hydrogen (secondary N) is 1. The van der Waals surface area contributed by atoms with Gasteiger partial charge in [0.15, 0.2) is 5.15 Å². The average Bonchev–Trinajstić information content (AvgIpc) is 2.44. The van der Waals surface area contributed by atoms with Gasteiger partial charge < -0.3 is 5.11 Å². The highest BCUT2D eigenvalue weighted by atomic mass is 35.5. The Labute approximate surface area is 96.0 Å². The minimum Gasteiger partial charge on any atom is -0.391 e. The quantitative estimate of drug-likeness (QED) is 0.787. The molecule has 5 nitrogen and oxygen atoms in total. The second-order valence-electron chi connectivity index (χ2n) is 2.94. The highest BCUT2D eigenvalue weighted by Crippen LogP contribution is 2.21. The topological polar surface area (TPSA) is 71.5 Å². The van der Waals surface area contributed by atoms with E-state index in [4.69, 9.17) is 21.5 Å². The Morgan fingerprint density at radius 1 is 1.80 bits per heavy atom. The van der Waals surface area contributed by atoms with Crippen molar-refractivity contribution in [1.29, 1.82) is 0 Å². The number of aliphatic hydroxyl groups is 1. The van der Waals surface area contributed by atoms with Crippen LogP contribution in [0, 0.1) is 6.92 Å². The third-order valence-electron chi connectivity index (χ3n) is 1.39. The van der Waals surface area contributed by atoms with Crippen LogP contribution in [0.2, 0.25) is 5.15 Å². The van der Waals surface area contributed by atoms with Crippen molar-refractivity contribution >= 4 is 28.8 Å². The predicted octanol–water partition coefficient (Wildman–Crippen LogP) is 1.15. The van der Waals surface area contributed by atoms with E-state index in [1.54, 1.807) is 13.8 Å². The molecule has 0 aliphatic carbocycles. The summed E-state index contributed by atoms with van der Waals surface area (Å²) in [5.74, 6) is -0.453. The van der Waals surface area contributed by atoms with Gasteiger partial charge in [-0.1, -0.05) is 11.6 Å². The first-order chi connectivity index (χ1) is 7.00. The molecule has 1 rings (SSSR count). The van der Waals surface area contributed by atoms with E-state index in [9.17, 15) is 4.79 Å². The Morgan fingerprint density at radius 3 is 2.93 bits per heavy atom. The molecule has 84 valence electrons. The van der Waals surface area contributed by atoms with Gasteiger partial charge in [0, 0.05) is 0 Å². The number of nitrogens with zero attached hydrogens (tertiary/aromatic N) is 1. The summed E-state index contributed by atoms with van der Waals surface area (Å²) in [6.45, 7) is 3.33. The molecule has 0 unspecified atom stereocenters. The summed E-state index contributed by atoms with van der Waals surface area (Å²) in [5.41, 5.74) is 2.17. The minimum atomic E-state index is -0.635. The number of aromatic nitrogens is 1. The summed E-state index contributed by atoms with van der Waals surface area (Å²) in [7, 11) is 0. The van der Waals surface area contributed by atoms with E-state index in [1.807, 2.05) is 0 Å². The van der Waals surface area contributed by atoms with Gasteiger partial charge in [-0.05, 0) is 13.8 Å². The number of rotatable bonds is 4. The van der Waals surface area contributed by atoms with Crippen LogP contribution in [-0.4, -0.2) is 28.7 Å². The van der Waals surface area contributed by atoms with Crippen molar-refractivity contribution in [3.05, 3.63) is 15.0 Å². The fourth-order valence-electron chi connectivity index (χ4n) is 0.816. The Bertz CT molecular complexity index is 354. The van der Waals surface area contributed by atoms with E-state index in [-0.39, 0.29) is 11.8 Å². The van der Waals surface area contributed by atoms with Gasteiger partial charge in [-0.15, -0.1) is 11.3 Å². The van der Waals surface area contributed by atoms with Gasteiger partial charge in [-0.3, -0.25) is 9.63 Å². The minimum absolute atomic E-state index is 0.0289. The average molecular weight is 251 g/mol. The predicted molar refractivity (Wildman–Crippen MR) is 57.0 cm³/mol. The molecule has 15 heavy (non-hydrogen) atoms. The first-order valence-corrected chi connectivity index (χ1v) is 5.43. The second kappa shape index (κ2) is 5.41. The van der Waals surface area contributed by atoms with Gasteiger partial charge in [0.1, 0.15) is 11.5 Å². The number of thiazole rings is 1. The number of aliphatic hydroxyl groups excluding tert-OH is 1. The number of hydrogen-bond acceptors (Lipinski definition) is 5. The summed E-state index contributed by atoms with van der Waals surface area (Å²) >= 11 is 6.90. The van der Waals surface area contributed by atoms with Crippen LogP contribution >= 0.6 is 22.9 Å². The molecule has 0 aliphatic rings. The van der Waals surface area contributed by atoms with Crippen molar-refractivity contribution in [2.45, 2.75) is 20.0 Å². The highest BCUT2D eigenvalue weighted by molar-refractivity contribution is 7.14. The highest BCUT2D eigenvalue weighted by Gasteiger charge is 2.15. The van der Waals surface area contributed by atoms with E-state index < -0.39 is 12.0 Å². The van der Waals surface area contributed by atoms with E-state index in [0.717, 1.165) is 0 Å². The number of carbonyl (C=O) groups is 1. The van der Waals surface area contributed by atoms with Gasteiger partial charge in [0.2, 0.25) is 0 Å². The zero-order valence-electron chi connectivity index (χ0n) is 8.28. The summed E-state index contributed by atoms with van der Waals surface area (Å²) in [4.78, 5) is 20.4. The smallest absolute Gasteiger partial charge is 0.288 e. The normalized spacial score (nSPS) is 12.5. The second-order valence-corrected chi connectivity index (χ2v) is 4.51. The lowest BCUT2D eigenvalue weighted by atomic mass is 10.5. The Morgan fingerprint density at radius 2 is 2.47 bits per heavy atom. The maximum absolute atomic E-state index is 11.4. The fraction of sp³-hybridized carbons (Fsp3) is 0.500. The fourth-order valence-corrected chi connectivity index (χ4v) is 1.89. The molecule has 0 fully saturated rings. The zero-order valence-corrected chi connectivity index (χ0v) is 9.85. The Balaban J connectivity index is 2.50. The molecule has 0 radical (unpaired) electrons. The first kappa shape index (κ1) is 12.4. The molecule has 0 spiro atoms. The van der Waals surface area contributed by atoms with Crippen LogP contribution in [0.3, 0.4) is 0 Å². The van der Waals surface area contributed by atoms with Crippen LogP contribution < -0.4 is 5.48 Å². The lowest BCUT2D eigenvalue weighted by Gasteiger charge is -2.05. The van der Waals surface area contributed by atoms with Crippen LogP contribution in [0.4, 0.5) is 0 Å². The molecule has 1 atom stereocenters. The van der Waals surface area contributed by atoms with Crippen molar-refractivity contribution in [3.8, 4) is 0 Å². The molecule has 0 aromatic carbocycles. The van der Waals surface area contributed by atoms with Crippen molar-refractivity contribution in [2.75, 3.05) is 6.61 Å². The lowest BCUT2D eigenvalue weighted by molar-refractivity contribution is -0.00665. The van der Waals surface area contributed by atoms with Crippen molar-refractivity contribution in [3.63, 3.8) is 0 Å². The summed E-state index contributed by atoms with van der Waals surface area (Å²) in [6.07, 6.45) is -0.635. The number of halogens is 1. The third kappa shape index (κ3) is 3.75. The molecule has 0 saturated carbocycles. The van der Waals surface area contributed by atoms with Gasteiger partial charge in [-0.2, -0.15) is 0 Å². The van der Waals surface area contributed by atoms with Crippen molar-refractivity contribution < 1.29 is 14.7 Å². The van der Waals surface area contributed by atoms with Crippen LogP contribution in [-0.2, 0) is 4.84 Å². The van der Waals surface area contributed by atoms with E-state index >= 15 is 0 Å². The molecule has 1 heterocycles. The molecule has 1 aromatic rings. The zero-order chi connectivity index (χ0) is 11.4. The summed E-state index contributed by atoms with van der Waals surface area (Å²) < 4.78 is 0. The molecule has 7 heteroatoms. The van der Waals surface area contributed by atoms with Crippen molar-refractivity contribution in [2.24, 2.45) is 0 Å². The Hall–Kier alpha value is -0.690. The van der Waals surface area contributed by atoms with Gasteiger partial charge >= 0.3 is 0 Å². The first-order valence-electron chi connectivity index (χ1n) is 4.24. The number of hydroxylamine groups is 1. The van der Waals surface area contributed by atoms with Gasteiger partial charge in [0.25, 0.3) is 5.91 Å². The van der Waals surface area contributed by atoms with Crippen LogP contribution in [0.25, 0.3) is 0 Å². The maximum atomic E-state index is 11.4. The molecule has 0 bridgehead atoms. The van der Waals surface area contributed by atoms with Gasteiger partial charge in [0.05, 0.1) is 11.1 Å². The molecule has 0 aliphatic heterocycles. The number of carbonyl (C=O) groups excluding carboxylic acids is 1. The molecular formula is C8H11ClN2O3S. The third-order valence-corrected chi connectivity index (χ3v) is 2.74. The monoisotopic (exact) mass is 250 g/mol. The largest absolute Gasteiger partial charge is 0.391 e. The van der Waals surface area contributed by atoms with E-state index in [2.05, 4.69) is 10.5 Å².